The van der Waals surface area contributed by atoms with Crippen LogP contribution in [0.15, 0.2) is 42.6 Å². The maximum Gasteiger partial charge on any atom is 0.165 e. The minimum absolute atomic E-state index is 0.284. The molecule has 0 spiro atoms. The van der Waals surface area contributed by atoms with E-state index in [-0.39, 0.29) is 5.82 Å². The van der Waals surface area contributed by atoms with Crippen molar-refractivity contribution in [3.63, 3.8) is 0 Å². The monoisotopic (exact) mass is 351 g/mol. The Balaban J connectivity index is 1.54. The molecule has 3 heteroatoms. The average molecular weight is 351 g/mol. The Kier molecular flexibility index (Phi) is 4.71. The van der Waals surface area contributed by atoms with E-state index in [2.05, 4.69) is 35.0 Å². The Hall–Kier alpha value is -2.29. The van der Waals surface area contributed by atoms with Crippen molar-refractivity contribution >= 4 is 10.9 Å². The Morgan fingerprint density at radius 1 is 1.19 bits per heavy atom. The number of hydrogen-bond donors (Lipinski definition) is 0. The van der Waals surface area contributed by atoms with Gasteiger partial charge in [-0.2, -0.15) is 0 Å². The molecule has 0 unspecified atom stereocenters. The number of aromatic nitrogens is 1. The molecule has 0 saturated carbocycles. The first-order chi connectivity index (χ1) is 12.7. The van der Waals surface area contributed by atoms with Gasteiger partial charge in [0.25, 0.3) is 0 Å². The molecule has 26 heavy (non-hydrogen) atoms. The van der Waals surface area contributed by atoms with Gasteiger partial charge in [-0.15, -0.1) is 0 Å². The highest BCUT2D eigenvalue weighted by Crippen LogP contribution is 2.37. The van der Waals surface area contributed by atoms with Crippen LogP contribution < -0.4 is 4.74 Å². The van der Waals surface area contributed by atoms with Gasteiger partial charge in [-0.1, -0.05) is 24.3 Å². The van der Waals surface area contributed by atoms with Crippen molar-refractivity contribution in [3.8, 4) is 5.75 Å². The van der Waals surface area contributed by atoms with Gasteiger partial charge in [0.15, 0.2) is 11.6 Å². The number of nitrogens with zero attached hydrogens (tertiary/aromatic N) is 1. The molecule has 1 aromatic heterocycles. The van der Waals surface area contributed by atoms with E-state index in [0.29, 0.717) is 11.7 Å². The SMILES string of the molecule is COc1c(F)ccc2c1c(CCC[C@@H]1CCCc3ccccc31)cn2C. The minimum atomic E-state index is -0.284. The summed E-state index contributed by atoms with van der Waals surface area (Å²) >= 11 is 0. The number of ether oxygens (including phenoxy) is 1. The molecule has 1 aliphatic rings. The molecule has 0 fully saturated rings. The van der Waals surface area contributed by atoms with Gasteiger partial charge in [-0.05, 0) is 73.3 Å². The van der Waals surface area contributed by atoms with Crippen LogP contribution >= 0.6 is 0 Å². The molecule has 1 atom stereocenters. The van der Waals surface area contributed by atoms with Crippen LogP contribution in [0.3, 0.4) is 0 Å². The van der Waals surface area contributed by atoms with Crippen LogP contribution in [0.1, 0.15) is 48.3 Å². The molecule has 2 nitrogen and oxygen atoms in total. The lowest BCUT2D eigenvalue weighted by molar-refractivity contribution is 0.391. The van der Waals surface area contributed by atoms with Crippen LogP contribution in [0, 0.1) is 5.82 Å². The third-order valence-electron chi connectivity index (χ3n) is 5.83. The summed E-state index contributed by atoms with van der Waals surface area (Å²) in [7, 11) is 3.56. The molecular formula is C23H26FNO. The highest BCUT2D eigenvalue weighted by Gasteiger charge is 2.20. The summed E-state index contributed by atoms with van der Waals surface area (Å²) in [5, 5.41) is 0.930. The summed E-state index contributed by atoms with van der Waals surface area (Å²) in [5.41, 5.74) is 5.28. The predicted octanol–water partition coefficient (Wildman–Crippen LogP) is 5.77. The van der Waals surface area contributed by atoms with E-state index in [9.17, 15) is 4.39 Å². The van der Waals surface area contributed by atoms with Gasteiger partial charge in [0, 0.05) is 18.6 Å². The molecule has 0 saturated heterocycles. The quantitative estimate of drug-likeness (QED) is 0.569. The lowest BCUT2D eigenvalue weighted by atomic mass is 9.80. The molecular weight excluding hydrogens is 325 g/mol. The van der Waals surface area contributed by atoms with Crippen molar-refractivity contribution in [2.45, 2.75) is 44.4 Å². The normalized spacial score (nSPS) is 16.7. The third-order valence-corrected chi connectivity index (χ3v) is 5.83. The molecule has 2 aromatic carbocycles. The number of hydrogen-bond acceptors (Lipinski definition) is 1. The number of fused-ring (bicyclic) bond motifs is 2. The highest BCUT2D eigenvalue weighted by molar-refractivity contribution is 5.90. The fraction of sp³-hybridized carbons (Fsp3) is 0.391. The second-order valence-corrected chi connectivity index (χ2v) is 7.42. The average Bonchev–Trinajstić information content (AvgIpc) is 2.98. The zero-order valence-electron chi connectivity index (χ0n) is 15.6. The Bertz CT molecular complexity index is 927. The van der Waals surface area contributed by atoms with Crippen molar-refractivity contribution in [1.29, 1.82) is 0 Å². The zero-order chi connectivity index (χ0) is 18.1. The van der Waals surface area contributed by atoms with Gasteiger partial charge in [-0.25, -0.2) is 4.39 Å². The predicted molar refractivity (Wildman–Crippen MR) is 104 cm³/mol. The van der Waals surface area contributed by atoms with Gasteiger partial charge in [0.1, 0.15) is 0 Å². The van der Waals surface area contributed by atoms with Gasteiger partial charge >= 0.3 is 0 Å². The van der Waals surface area contributed by atoms with Crippen LogP contribution in [0.4, 0.5) is 4.39 Å². The van der Waals surface area contributed by atoms with Crippen LogP contribution in [0.5, 0.6) is 5.75 Å². The van der Waals surface area contributed by atoms with E-state index in [0.717, 1.165) is 23.7 Å². The molecule has 3 aromatic rings. The van der Waals surface area contributed by atoms with Crippen LogP contribution in [0.2, 0.25) is 0 Å². The summed E-state index contributed by atoms with van der Waals surface area (Å²) in [4.78, 5) is 0. The number of benzene rings is 2. The Labute approximate surface area is 154 Å². The molecule has 1 heterocycles. The first-order valence-corrected chi connectivity index (χ1v) is 9.57. The second kappa shape index (κ2) is 7.14. The van der Waals surface area contributed by atoms with Gasteiger partial charge in [0.2, 0.25) is 0 Å². The van der Waals surface area contributed by atoms with E-state index in [1.807, 2.05) is 13.1 Å². The summed E-state index contributed by atoms with van der Waals surface area (Å²) < 4.78 is 21.6. The fourth-order valence-corrected chi connectivity index (χ4v) is 4.60. The van der Waals surface area contributed by atoms with Crippen molar-refractivity contribution in [3.05, 3.63) is 65.1 Å². The van der Waals surface area contributed by atoms with Gasteiger partial charge < -0.3 is 9.30 Å². The summed E-state index contributed by atoms with van der Waals surface area (Å²) in [6.45, 7) is 0. The standard InChI is InChI=1S/C23H26FNO/c1-25-15-18(22-21(25)14-13-20(24)23(22)26-2)11-6-10-17-9-5-8-16-7-3-4-12-19(16)17/h3-4,7,12-15,17H,5-6,8-11H2,1-2H3/t17-/m0/s1. The van der Waals surface area contributed by atoms with Crippen molar-refractivity contribution in [2.24, 2.45) is 7.05 Å². The largest absolute Gasteiger partial charge is 0.493 e. The first kappa shape index (κ1) is 17.1. The zero-order valence-corrected chi connectivity index (χ0v) is 15.6. The fourth-order valence-electron chi connectivity index (χ4n) is 4.60. The molecule has 0 amide bonds. The van der Waals surface area contributed by atoms with Crippen molar-refractivity contribution in [1.82, 2.24) is 4.57 Å². The summed E-state index contributed by atoms with van der Waals surface area (Å²) in [5.74, 6) is 0.753. The third kappa shape index (κ3) is 3.00. The molecule has 0 N–H and O–H groups in total. The topological polar surface area (TPSA) is 14.2 Å². The van der Waals surface area contributed by atoms with E-state index >= 15 is 0 Å². The smallest absolute Gasteiger partial charge is 0.165 e. The number of halogens is 1. The maximum absolute atomic E-state index is 14.2. The highest BCUT2D eigenvalue weighted by atomic mass is 19.1. The van der Waals surface area contributed by atoms with Gasteiger partial charge in [-0.3, -0.25) is 0 Å². The van der Waals surface area contributed by atoms with E-state index < -0.39 is 0 Å². The summed E-state index contributed by atoms with van der Waals surface area (Å²) in [6.07, 6.45) is 9.16. The lowest BCUT2D eigenvalue weighted by Gasteiger charge is -2.25. The lowest BCUT2D eigenvalue weighted by Crippen LogP contribution is -2.09. The molecule has 4 rings (SSSR count). The summed E-state index contributed by atoms with van der Waals surface area (Å²) in [6, 6.07) is 12.2. The number of aryl methyl sites for hydroxylation is 3. The van der Waals surface area contributed by atoms with E-state index in [1.54, 1.807) is 12.7 Å². The Morgan fingerprint density at radius 2 is 2.04 bits per heavy atom. The molecule has 0 bridgehead atoms. The first-order valence-electron chi connectivity index (χ1n) is 9.57. The molecule has 136 valence electrons. The molecule has 0 aliphatic heterocycles. The van der Waals surface area contributed by atoms with Crippen LogP contribution in [0.25, 0.3) is 10.9 Å². The van der Waals surface area contributed by atoms with Gasteiger partial charge in [0.05, 0.1) is 12.6 Å². The van der Waals surface area contributed by atoms with Crippen LogP contribution in [-0.2, 0) is 19.9 Å². The number of rotatable bonds is 5. The van der Waals surface area contributed by atoms with E-state index in [4.69, 9.17) is 4.74 Å². The second-order valence-electron chi connectivity index (χ2n) is 7.42. The van der Waals surface area contributed by atoms with E-state index in [1.165, 1.54) is 42.9 Å². The van der Waals surface area contributed by atoms with Crippen molar-refractivity contribution in [2.75, 3.05) is 7.11 Å². The molecule has 1 aliphatic carbocycles. The Morgan fingerprint density at radius 3 is 2.88 bits per heavy atom. The van der Waals surface area contributed by atoms with Crippen molar-refractivity contribution < 1.29 is 9.13 Å². The minimum Gasteiger partial charge on any atom is -0.493 e. The molecule has 0 radical (unpaired) electrons. The van der Waals surface area contributed by atoms with Crippen LogP contribution in [-0.4, -0.2) is 11.7 Å². The maximum atomic E-state index is 14.2. The number of methoxy groups -OCH3 is 1.